The molecule has 2 atom stereocenters. The lowest BCUT2D eigenvalue weighted by atomic mass is 9.89. The van der Waals surface area contributed by atoms with Gasteiger partial charge >= 0.3 is 0 Å². The Labute approximate surface area is 102 Å². The normalized spacial score (nSPS) is 26.8. The summed E-state index contributed by atoms with van der Waals surface area (Å²) in [5.74, 6) is 1.48. The van der Waals surface area contributed by atoms with E-state index in [1.807, 2.05) is 6.07 Å². The van der Waals surface area contributed by atoms with Gasteiger partial charge in [-0.2, -0.15) is 0 Å². The molecule has 0 spiro atoms. The number of nitrogens with one attached hydrogen (secondary N) is 1. The molecule has 1 aromatic rings. The third-order valence-corrected chi connectivity index (χ3v) is 3.53. The fourth-order valence-corrected chi connectivity index (χ4v) is 2.78. The summed E-state index contributed by atoms with van der Waals surface area (Å²) in [6.07, 6.45) is 0.553. The first-order valence-electron chi connectivity index (χ1n) is 6.36. The molecule has 0 aromatic heterocycles. The molecule has 2 aliphatic heterocycles. The van der Waals surface area contributed by atoms with Crippen LogP contribution in [0.15, 0.2) is 18.2 Å². The fraction of sp³-hybridized carbons (Fsp3) is 0.571. The van der Waals surface area contributed by atoms with E-state index < -0.39 is 0 Å². The fourth-order valence-electron chi connectivity index (χ4n) is 2.78. The second kappa shape index (κ2) is 4.31. The molecule has 0 bridgehead atoms. The molecule has 1 saturated heterocycles. The molecule has 3 heteroatoms. The zero-order chi connectivity index (χ0) is 11.8. The molecule has 1 fully saturated rings. The highest BCUT2D eigenvalue weighted by atomic mass is 16.5. The van der Waals surface area contributed by atoms with E-state index in [4.69, 9.17) is 9.47 Å². The standard InChI is InChI=1S/C14H19NO2/c1-9(2)17-13-5-3-4-10-11-6-15-7-14(11)16-8-12(10)13/h3-5,9,11,14-15H,6-8H2,1-2H3/t11-,14-/m0/s1. The van der Waals surface area contributed by atoms with E-state index >= 15 is 0 Å². The summed E-state index contributed by atoms with van der Waals surface area (Å²) >= 11 is 0. The van der Waals surface area contributed by atoms with Crippen LogP contribution in [0.3, 0.4) is 0 Å². The second-order valence-electron chi connectivity index (χ2n) is 5.10. The molecule has 0 amide bonds. The Kier molecular flexibility index (Phi) is 2.81. The summed E-state index contributed by atoms with van der Waals surface area (Å²) in [7, 11) is 0. The molecule has 1 N–H and O–H groups in total. The largest absolute Gasteiger partial charge is 0.491 e. The highest BCUT2D eigenvalue weighted by molar-refractivity contribution is 5.44. The first-order valence-corrected chi connectivity index (χ1v) is 6.36. The summed E-state index contributed by atoms with van der Waals surface area (Å²) in [6, 6.07) is 6.36. The Hall–Kier alpha value is -1.06. The van der Waals surface area contributed by atoms with Crippen molar-refractivity contribution in [3.8, 4) is 5.75 Å². The van der Waals surface area contributed by atoms with Crippen molar-refractivity contribution in [1.82, 2.24) is 5.32 Å². The molecule has 0 aliphatic carbocycles. The lowest BCUT2D eigenvalue weighted by molar-refractivity contribution is 0.0277. The quantitative estimate of drug-likeness (QED) is 0.848. The summed E-state index contributed by atoms with van der Waals surface area (Å²) in [5.41, 5.74) is 2.65. The van der Waals surface area contributed by atoms with Gasteiger partial charge in [-0.25, -0.2) is 0 Å². The third kappa shape index (κ3) is 1.94. The van der Waals surface area contributed by atoms with E-state index in [0.29, 0.717) is 18.6 Å². The van der Waals surface area contributed by atoms with Crippen LogP contribution in [0, 0.1) is 0 Å². The van der Waals surface area contributed by atoms with Crippen LogP contribution in [-0.4, -0.2) is 25.3 Å². The minimum absolute atomic E-state index is 0.209. The van der Waals surface area contributed by atoms with Crippen molar-refractivity contribution in [3.05, 3.63) is 29.3 Å². The summed E-state index contributed by atoms with van der Waals surface area (Å²) in [5, 5.41) is 3.40. The lowest BCUT2D eigenvalue weighted by Gasteiger charge is -2.29. The molecule has 1 aromatic carbocycles. The Bertz CT molecular complexity index is 417. The smallest absolute Gasteiger partial charge is 0.125 e. The first-order chi connectivity index (χ1) is 8.25. The summed E-state index contributed by atoms with van der Waals surface area (Å²) < 4.78 is 11.8. The highest BCUT2D eigenvalue weighted by Gasteiger charge is 2.35. The number of benzene rings is 1. The van der Waals surface area contributed by atoms with Gasteiger partial charge in [0.2, 0.25) is 0 Å². The van der Waals surface area contributed by atoms with Gasteiger partial charge in [-0.3, -0.25) is 0 Å². The van der Waals surface area contributed by atoms with Crippen molar-refractivity contribution in [2.24, 2.45) is 0 Å². The van der Waals surface area contributed by atoms with Gasteiger partial charge < -0.3 is 14.8 Å². The van der Waals surface area contributed by atoms with Crippen LogP contribution in [0.2, 0.25) is 0 Å². The molecule has 0 radical (unpaired) electrons. The van der Waals surface area contributed by atoms with Crippen LogP contribution in [0.1, 0.15) is 30.9 Å². The maximum atomic E-state index is 5.91. The van der Waals surface area contributed by atoms with Crippen LogP contribution in [-0.2, 0) is 11.3 Å². The number of ether oxygens (including phenoxy) is 2. The van der Waals surface area contributed by atoms with Crippen LogP contribution in [0.5, 0.6) is 5.75 Å². The Morgan fingerprint density at radius 2 is 2.24 bits per heavy atom. The van der Waals surface area contributed by atoms with Crippen molar-refractivity contribution in [2.45, 2.75) is 38.6 Å². The van der Waals surface area contributed by atoms with E-state index in [2.05, 4.69) is 31.3 Å². The average Bonchev–Trinajstić information content (AvgIpc) is 2.76. The Balaban J connectivity index is 1.97. The van der Waals surface area contributed by atoms with Gasteiger partial charge in [0.25, 0.3) is 0 Å². The van der Waals surface area contributed by atoms with Gasteiger partial charge in [0.05, 0.1) is 18.8 Å². The molecule has 2 heterocycles. The van der Waals surface area contributed by atoms with E-state index in [1.54, 1.807) is 0 Å². The topological polar surface area (TPSA) is 30.5 Å². The molecule has 17 heavy (non-hydrogen) atoms. The first kappa shape index (κ1) is 11.1. The van der Waals surface area contributed by atoms with Gasteiger partial charge in [-0.1, -0.05) is 12.1 Å². The molecule has 2 aliphatic rings. The minimum atomic E-state index is 0.209. The van der Waals surface area contributed by atoms with Crippen LogP contribution >= 0.6 is 0 Å². The SMILES string of the molecule is CC(C)Oc1cccc2c1CO[C@H]1CNC[C@@H]21. The van der Waals surface area contributed by atoms with Crippen molar-refractivity contribution >= 4 is 0 Å². The predicted molar refractivity (Wildman–Crippen MR) is 66.4 cm³/mol. The van der Waals surface area contributed by atoms with Gasteiger partial charge in [0, 0.05) is 24.6 Å². The maximum absolute atomic E-state index is 5.91. The molecule has 3 nitrogen and oxygen atoms in total. The third-order valence-electron chi connectivity index (χ3n) is 3.53. The predicted octanol–water partition coefficient (Wildman–Crippen LogP) is 2.06. The number of hydrogen-bond acceptors (Lipinski definition) is 3. The highest BCUT2D eigenvalue weighted by Crippen LogP contribution is 2.38. The van der Waals surface area contributed by atoms with Gasteiger partial charge in [0.15, 0.2) is 0 Å². The van der Waals surface area contributed by atoms with Gasteiger partial charge in [-0.05, 0) is 25.5 Å². The Morgan fingerprint density at radius 3 is 3.06 bits per heavy atom. The average molecular weight is 233 g/mol. The molecular formula is C14H19NO2. The van der Waals surface area contributed by atoms with E-state index in [9.17, 15) is 0 Å². The van der Waals surface area contributed by atoms with Crippen molar-refractivity contribution in [2.75, 3.05) is 13.1 Å². The number of rotatable bonds is 2. The van der Waals surface area contributed by atoms with E-state index in [1.165, 1.54) is 11.1 Å². The van der Waals surface area contributed by atoms with Crippen molar-refractivity contribution in [1.29, 1.82) is 0 Å². The summed E-state index contributed by atoms with van der Waals surface area (Å²) in [6.45, 7) is 6.79. The minimum Gasteiger partial charge on any atom is -0.491 e. The molecule has 0 unspecified atom stereocenters. The van der Waals surface area contributed by atoms with Crippen molar-refractivity contribution in [3.63, 3.8) is 0 Å². The van der Waals surface area contributed by atoms with Crippen LogP contribution in [0.4, 0.5) is 0 Å². The van der Waals surface area contributed by atoms with Gasteiger partial charge in [-0.15, -0.1) is 0 Å². The number of hydrogen-bond donors (Lipinski definition) is 1. The second-order valence-corrected chi connectivity index (χ2v) is 5.10. The molecule has 92 valence electrons. The lowest BCUT2D eigenvalue weighted by Crippen LogP contribution is -2.27. The molecule has 3 rings (SSSR count). The molecule has 0 saturated carbocycles. The van der Waals surface area contributed by atoms with E-state index in [0.717, 1.165) is 18.8 Å². The zero-order valence-corrected chi connectivity index (χ0v) is 10.4. The van der Waals surface area contributed by atoms with Gasteiger partial charge in [0.1, 0.15) is 5.75 Å². The maximum Gasteiger partial charge on any atom is 0.125 e. The van der Waals surface area contributed by atoms with E-state index in [-0.39, 0.29) is 6.10 Å². The monoisotopic (exact) mass is 233 g/mol. The molecular weight excluding hydrogens is 214 g/mol. The van der Waals surface area contributed by atoms with Crippen LogP contribution < -0.4 is 10.1 Å². The summed E-state index contributed by atoms with van der Waals surface area (Å²) in [4.78, 5) is 0. The van der Waals surface area contributed by atoms with Crippen molar-refractivity contribution < 1.29 is 9.47 Å². The van der Waals surface area contributed by atoms with Crippen LogP contribution in [0.25, 0.3) is 0 Å². The Morgan fingerprint density at radius 1 is 1.35 bits per heavy atom. The zero-order valence-electron chi connectivity index (χ0n) is 10.4. The number of fused-ring (bicyclic) bond motifs is 3.